The van der Waals surface area contributed by atoms with Crippen LogP contribution in [0.25, 0.3) is 0 Å². The molecule has 0 aromatic heterocycles. The maximum Gasteiger partial charge on any atom is 0.377 e. The molecule has 1 aromatic rings. The van der Waals surface area contributed by atoms with Gasteiger partial charge in [-0.3, -0.25) is 9.59 Å². The van der Waals surface area contributed by atoms with Gasteiger partial charge in [-0.15, -0.1) is 0 Å². The molecule has 0 heterocycles. The number of esters is 2. The summed E-state index contributed by atoms with van der Waals surface area (Å²) in [7, 11) is -0.187. The van der Waals surface area contributed by atoms with E-state index in [0.29, 0.717) is 13.2 Å². The molecule has 9 nitrogen and oxygen atoms in total. The van der Waals surface area contributed by atoms with Gasteiger partial charge in [0.05, 0.1) is 19.7 Å². The summed E-state index contributed by atoms with van der Waals surface area (Å²) in [6.45, 7) is 3.93. The molecule has 0 atom stereocenters. The van der Waals surface area contributed by atoms with E-state index >= 15 is 0 Å². The fourth-order valence-corrected chi connectivity index (χ4v) is 2.44. The molecule has 0 bridgehead atoms. The standard InChI is InChI=1S/C18H30B2N2O7/c1-19(25)21(9-11-27-3)13-17(23)28-12-10-22(20(2)26)14-18(24)29-15-16-7-5-4-6-8-16/h4-8,25-26H,9-15H2,1-3H3. The minimum absolute atomic E-state index is 0.00632. The molecular formula is C18H30B2N2O7. The molecule has 1 aromatic carbocycles. The van der Waals surface area contributed by atoms with E-state index in [0.717, 1.165) is 5.56 Å². The number of carbonyl (C=O) groups excluding carboxylic acids is 2. The van der Waals surface area contributed by atoms with E-state index in [-0.39, 0.29) is 32.8 Å². The normalized spacial score (nSPS) is 10.9. The number of hydrogen-bond donors (Lipinski definition) is 2. The molecule has 11 heteroatoms. The summed E-state index contributed by atoms with van der Waals surface area (Å²) in [6, 6.07) is 9.28. The Morgan fingerprint density at radius 1 is 0.897 bits per heavy atom. The maximum atomic E-state index is 12.0. The average Bonchev–Trinajstić information content (AvgIpc) is 2.69. The van der Waals surface area contributed by atoms with Crippen LogP contribution in [0.4, 0.5) is 0 Å². The first kappa shape index (κ1) is 25.1. The first-order chi connectivity index (χ1) is 13.8. The second-order valence-corrected chi connectivity index (χ2v) is 6.56. The van der Waals surface area contributed by atoms with Crippen LogP contribution in [0.1, 0.15) is 5.56 Å². The van der Waals surface area contributed by atoms with E-state index < -0.39 is 26.0 Å². The van der Waals surface area contributed by atoms with Crippen molar-refractivity contribution < 1.29 is 33.8 Å². The van der Waals surface area contributed by atoms with Gasteiger partial charge in [-0.1, -0.05) is 30.3 Å². The van der Waals surface area contributed by atoms with Crippen LogP contribution in [-0.2, 0) is 30.4 Å². The first-order valence-electron chi connectivity index (χ1n) is 9.51. The van der Waals surface area contributed by atoms with Gasteiger partial charge in [-0.05, 0) is 19.2 Å². The summed E-state index contributed by atoms with van der Waals surface area (Å²) >= 11 is 0. The second-order valence-electron chi connectivity index (χ2n) is 6.56. The van der Waals surface area contributed by atoms with Crippen molar-refractivity contribution in [2.75, 3.05) is 46.5 Å². The van der Waals surface area contributed by atoms with Crippen LogP contribution < -0.4 is 0 Å². The Kier molecular flexibility index (Phi) is 12.2. The van der Waals surface area contributed by atoms with Crippen molar-refractivity contribution in [3.8, 4) is 0 Å². The second kappa shape index (κ2) is 14.1. The Morgan fingerprint density at radius 2 is 1.41 bits per heavy atom. The summed E-state index contributed by atoms with van der Waals surface area (Å²) in [4.78, 5) is 26.9. The largest absolute Gasteiger partial charge is 0.463 e. The molecule has 0 amide bonds. The minimum atomic E-state index is -0.909. The highest BCUT2D eigenvalue weighted by molar-refractivity contribution is 6.45. The van der Waals surface area contributed by atoms with Crippen molar-refractivity contribution in [3.05, 3.63) is 35.9 Å². The van der Waals surface area contributed by atoms with Crippen LogP contribution in [0, 0.1) is 0 Å². The van der Waals surface area contributed by atoms with Crippen molar-refractivity contribution in [2.45, 2.75) is 20.3 Å². The molecule has 29 heavy (non-hydrogen) atoms. The molecule has 0 fully saturated rings. The van der Waals surface area contributed by atoms with E-state index in [4.69, 9.17) is 14.2 Å². The number of benzene rings is 1. The zero-order valence-corrected chi connectivity index (χ0v) is 17.3. The number of rotatable bonds is 14. The third-order valence-corrected chi connectivity index (χ3v) is 4.19. The number of nitrogens with zero attached hydrogens (tertiary/aromatic N) is 2. The Bertz CT molecular complexity index is 605. The van der Waals surface area contributed by atoms with E-state index in [9.17, 15) is 19.6 Å². The molecule has 160 valence electrons. The van der Waals surface area contributed by atoms with Gasteiger partial charge in [0.2, 0.25) is 0 Å². The third-order valence-electron chi connectivity index (χ3n) is 4.19. The van der Waals surface area contributed by atoms with Crippen molar-refractivity contribution in [1.82, 2.24) is 9.62 Å². The van der Waals surface area contributed by atoms with Crippen LogP contribution in [0.15, 0.2) is 30.3 Å². The van der Waals surface area contributed by atoms with Crippen LogP contribution in [0.5, 0.6) is 0 Å². The van der Waals surface area contributed by atoms with Crippen LogP contribution >= 0.6 is 0 Å². The predicted octanol–water partition coefficient (Wildman–Crippen LogP) is -0.256. The Morgan fingerprint density at radius 3 is 1.93 bits per heavy atom. The lowest BCUT2D eigenvalue weighted by atomic mass is 9.85. The van der Waals surface area contributed by atoms with Crippen LogP contribution in [-0.4, -0.2) is 92.2 Å². The van der Waals surface area contributed by atoms with Gasteiger partial charge in [-0.25, -0.2) is 0 Å². The lowest BCUT2D eigenvalue weighted by Gasteiger charge is -2.23. The topological polar surface area (TPSA) is 109 Å². The molecule has 0 aliphatic heterocycles. The fourth-order valence-electron chi connectivity index (χ4n) is 2.44. The number of methoxy groups -OCH3 is 1. The van der Waals surface area contributed by atoms with Gasteiger partial charge in [0.1, 0.15) is 13.2 Å². The van der Waals surface area contributed by atoms with Gasteiger partial charge in [0.25, 0.3) is 0 Å². The van der Waals surface area contributed by atoms with Gasteiger partial charge in [0, 0.05) is 20.2 Å². The Balaban J connectivity index is 2.37. The monoisotopic (exact) mass is 408 g/mol. The van der Waals surface area contributed by atoms with Crippen LogP contribution in [0.3, 0.4) is 0 Å². The van der Waals surface area contributed by atoms with Crippen molar-refractivity contribution >= 4 is 26.0 Å². The van der Waals surface area contributed by atoms with Crippen molar-refractivity contribution in [3.63, 3.8) is 0 Å². The zero-order chi connectivity index (χ0) is 21.6. The van der Waals surface area contributed by atoms with Gasteiger partial charge in [-0.2, -0.15) is 0 Å². The molecule has 0 aliphatic rings. The van der Waals surface area contributed by atoms with Gasteiger partial charge >= 0.3 is 26.0 Å². The van der Waals surface area contributed by atoms with Gasteiger partial charge in [0.15, 0.2) is 0 Å². The molecule has 0 spiro atoms. The maximum absolute atomic E-state index is 12.0. The number of hydrogen-bond acceptors (Lipinski definition) is 9. The molecule has 0 saturated carbocycles. The predicted molar refractivity (Wildman–Crippen MR) is 110 cm³/mol. The molecule has 0 unspecified atom stereocenters. The average molecular weight is 408 g/mol. The molecule has 2 N–H and O–H groups in total. The fraction of sp³-hybridized carbons (Fsp3) is 0.556. The smallest absolute Gasteiger partial charge is 0.377 e. The van der Waals surface area contributed by atoms with E-state index in [1.807, 2.05) is 30.3 Å². The van der Waals surface area contributed by atoms with Crippen LogP contribution in [0.2, 0.25) is 13.6 Å². The third kappa shape index (κ3) is 11.0. The number of carbonyl (C=O) groups is 2. The summed E-state index contributed by atoms with van der Waals surface area (Å²) < 4.78 is 15.3. The van der Waals surface area contributed by atoms with E-state index in [2.05, 4.69) is 0 Å². The molecule has 0 saturated heterocycles. The summed E-state index contributed by atoms with van der Waals surface area (Å²) in [6.07, 6.45) is 0. The summed E-state index contributed by atoms with van der Waals surface area (Å²) in [5.74, 6) is -1.000. The van der Waals surface area contributed by atoms with E-state index in [1.54, 1.807) is 6.82 Å². The first-order valence-corrected chi connectivity index (χ1v) is 9.51. The van der Waals surface area contributed by atoms with Gasteiger partial charge < -0.3 is 33.9 Å². The molecular weight excluding hydrogens is 378 g/mol. The minimum Gasteiger partial charge on any atom is -0.463 e. The molecule has 0 aliphatic carbocycles. The molecule has 0 radical (unpaired) electrons. The lowest BCUT2D eigenvalue weighted by molar-refractivity contribution is -0.146. The highest BCUT2D eigenvalue weighted by Gasteiger charge is 2.22. The van der Waals surface area contributed by atoms with Crippen molar-refractivity contribution in [1.29, 1.82) is 0 Å². The lowest BCUT2D eigenvalue weighted by Crippen LogP contribution is -2.45. The Labute approximate surface area is 172 Å². The highest BCUT2D eigenvalue weighted by atomic mass is 16.5. The Hall–Kier alpha value is -1.91. The molecule has 1 rings (SSSR count). The SMILES string of the molecule is COCCN(CC(=O)OCCN(CC(=O)OCc1ccccc1)B(C)O)B(C)O. The summed E-state index contributed by atoms with van der Waals surface area (Å²) in [5, 5.41) is 19.5. The highest BCUT2D eigenvalue weighted by Crippen LogP contribution is 2.02. The summed E-state index contributed by atoms with van der Waals surface area (Å²) in [5.41, 5.74) is 0.870. The zero-order valence-electron chi connectivity index (χ0n) is 17.3. The number of ether oxygens (including phenoxy) is 3. The van der Waals surface area contributed by atoms with E-state index in [1.165, 1.54) is 23.6 Å². The quantitative estimate of drug-likeness (QED) is 0.318. The van der Waals surface area contributed by atoms with Crippen molar-refractivity contribution in [2.24, 2.45) is 0 Å².